The number of hydrogen-bond acceptors (Lipinski definition) is 1. The summed E-state index contributed by atoms with van der Waals surface area (Å²) in [5.74, 6) is 0. The predicted octanol–water partition coefficient (Wildman–Crippen LogP) is 12.0. The molecule has 0 N–H and O–H groups in total. The minimum Gasteiger partial charge on any atom is -0.309 e. The van der Waals surface area contributed by atoms with Crippen molar-refractivity contribution >= 4 is 43.4 Å². The van der Waals surface area contributed by atoms with Gasteiger partial charge in [0.15, 0.2) is 0 Å². The molecule has 0 spiro atoms. The molecule has 0 radical (unpaired) electrons. The Labute approximate surface area is 273 Å². The van der Waals surface area contributed by atoms with Crippen LogP contribution >= 0.6 is 0 Å². The van der Waals surface area contributed by atoms with Gasteiger partial charge in [-0.2, -0.15) is 5.26 Å². The minimum atomic E-state index is 0.638. The number of fused-ring (bicyclic) bond motifs is 5. The Morgan fingerprint density at radius 2 is 0.809 bits per heavy atom. The first-order valence-corrected chi connectivity index (χ1v) is 15.9. The molecular formula is C45H28N2. The molecule has 9 rings (SSSR count). The molecule has 0 aliphatic rings. The van der Waals surface area contributed by atoms with Crippen LogP contribution in [0, 0.1) is 11.3 Å². The van der Waals surface area contributed by atoms with Crippen molar-refractivity contribution in [1.82, 2.24) is 4.57 Å². The van der Waals surface area contributed by atoms with Crippen LogP contribution in [-0.2, 0) is 0 Å². The number of hydrogen-bond donors (Lipinski definition) is 0. The third-order valence-electron chi connectivity index (χ3n) is 9.43. The minimum absolute atomic E-state index is 0.638. The van der Waals surface area contributed by atoms with Gasteiger partial charge < -0.3 is 4.57 Å². The quantitative estimate of drug-likeness (QED) is 0.186. The molecule has 0 fully saturated rings. The van der Waals surface area contributed by atoms with E-state index in [4.69, 9.17) is 0 Å². The monoisotopic (exact) mass is 596 g/mol. The smallest absolute Gasteiger partial charge is 0.0992 e. The molecule has 218 valence electrons. The molecule has 0 atom stereocenters. The topological polar surface area (TPSA) is 28.7 Å². The molecule has 2 nitrogen and oxygen atoms in total. The Bertz CT molecular complexity index is 2560. The van der Waals surface area contributed by atoms with Crippen molar-refractivity contribution in [3.8, 4) is 45.1 Å². The Kier molecular flexibility index (Phi) is 6.23. The predicted molar refractivity (Wildman–Crippen MR) is 197 cm³/mol. The maximum absolute atomic E-state index is 9.92. The Morgan fingerprint density at radius 3 is 1.32 bits per heavy atom. The van der Waals surface area contributed by atoms with Crippen LogP contribution in [0.5, 0.6) is 0 Å². The number of nitrogens with zero attached hydrogens (tertiary/aromatic N) is 2. The number of benzene rings is 8. The van der Waals surface area contributed by atoms with Gasteiger partial charge in [0.2, 0.25) is 0 Å². The highest BCUT2D eigenvalue weighted by molar-refractivity contribution is 6.21. The summed E-state index contributed by atoms with van der Waals surface area (Å²) in [5.41, 5.74) is 11.0. The first-order valence-electron chi connectivity index (χ1n) is 15.9. The molecule has 0 bridgehead atoms. The highest BCUT2D eigenvalue weighted by atomic mass is 15.0. The maximum atomic E-state index is 9.92. The number of para-hydroxylation sites is 2. The molecule has 8 aromatic carbocycles. The van der Waals surface area contributed by atoms with E-state index in [9.17, 15) is 5.26 Å². The third-order valence-corrected chi connectivity index (χ3v) is 9.43. The van der Waals surface area contributed by atoms with Gasteiger partial charge in [-0.05, 0) is 73.6 Å². The van der Waals surface area contributed by atoms with Crippen molar-refractivity contribution in [2.45, 2.75) is 0 Å². The molecule has 47 heavy (non-hydrogen) atoms. The van der Waals surface area contributed by atoms with E-state index in [2.05, 4.69) is 168 Å². The van der Waals surface area contributed by atoms with Crippen molar-refractivity contribution in [2.24, 2.45) is 0 Å². The fraction of sp³-hybridized carbons (Fsp3) is 0. The second-order valence-corrected chi connectivity index (χ2v) is 12.0. The highest BCUT2D eigenvalue weighted by Gasteiger charge is 2.18. The highest BCUT2D eigenvalue weighted by Crippen LogP contribution is 2.44. The lowest BCUT2D eigenvalue weighted by Gasteiger charge is -2.18. The van der Waals surface area contributed by atoms with Crippen LogP contribution in [0.3, 0.4) is 0 Å². The summed E-state index contributed by atoms with van der Waals surface area (Å²) in [6.45, 7) is 0. The first-order chi connectivity index (χ1) is 23.3. The molecule has 0 aliphatic carbocycles. The van der Waals surface area contributed by atoms with Crippen molar-refractivity contribution in [2.75, 3.05) is 0 Å². The zero-order valence-corrected chi connectivity index (χ0v) is 25.6. The number of rotatable bonds is 4. The largest absolute Gasteiger partial charge is 0.309 e. The van der Waals surface area contributed by atoms with E-state index >= 15 is 0 Å². The molecule has 0 saturated heterocycles. The molecule has 0 amide bonds. The summed E-state index contributed by atoms with van der Waals surface area (Å²) in [6, 6.07) is 62.6. The molecule has 0 aliphatic heterocycles. The lowest BCUT2D eigenvalue weighted by atomic mass is 9.85. The molecule has 1 aromatic heterocycles. The zero-order valence-electron chi connectivity index (χ0n) is 25.6. The van der Waals surface area contributed by atoms with E-state index in [1.54, 1.807) is 0 Å². The summed E-state index contributed by atoms with van der Waals surface area (Å²) in [5, 5.41) is 17.3. The lowest BCUT2D eigenvalue weighted by molar-refractivity contribution is 1.18. The van der Waals surface area contributed by atoms with E-state index < -0.39 is 0 Å². The number of nitriles is 1. The van der Waals surface area contributed by atoms with Crippen molar-refractivity contribution < 1.29 is 0 Å². The van der Waals surface area contributed by atoms with Gasteiger partial charge in [0.1, 0.15) is 0 Å². The second kappa shape index (κ2) is 10.9. The van der Waals surface area contributed by atoms with Gasteiger partial charge >= 0.3 is 0 Å². The van der Waals surface area contributed by atoms with Gasteiger partial charge in [0.25, 0.3) is 0 Å². The summed E-state index contributed by atoms with van der Waals surface area (Å²) in [7, 11) is 0. The summed E-state index contributed by atoms with van der Waals surface area (Å²) in [4.78, 5) is 0. The average Bonchev–Trinajstić information content (AvgIpc) is 3.48. The van der Waals surface area contributed by atoms with Crippen molar-refractivity contribution in [3.05, 3.63) is 175 Å². The van der Waals surface area contributed by atoms with E-state index in [1.807, 2.05) is 12.1 Å². The SMILES string of the molecule is N#Cc1ccc(-c2ccc(-c3c4ccccc4c(-c4ccccc4)c4ccccc34)cc2)c(-n2c3ccccc3c3ccccc32)c1. The van der Waals surface area contributed by atoms with Crippen LogP contribution in [0.2, 0.25) is 0 Å². The van der Waals surface area contributed by atoms with E-state index in [1.165, 1.54) is 54.6 Å². The standard InChI is InChI=1S/C45H28N2/c46-29-30-22-27-34(43(28-30)47-41-20-10-8-14-35(41)36-15-9-11-21-42(36)47)31-23-25-33(26-24-31)45-39-18-6-4-16-37(39)44(32-12-2-1-3-13-32)38-17-5-7-19-40(38)45/h1-28H. The van der Waals surface area contributed by atoms with Gasteiger partial charge in [-0.1, -0.05) is 146 Å². The summed E-state index contributed by atoms with van der Waals surface area (Å²) in [6.07, 6.45) is 0. The zero-order chi connectivity index (χ0) is 31.3. The van der Waals surface area contributed by atoms with Gasteiger partial charge in [-0.25, -0.2) is 0 Å². The Morgan fingerprint density at radius 1 is 0.383 bits per heavy atom. The maximum Gasteiger partial charge on any atom is 0.0992 e. The van der Waals surface area contributed by atoms with Crippen molar-refractivity contribution in [3.63, 3.8) is 0 Å². The Hall–Kier alpha value is -6.43. The fourth-order valence-electron chi connectivity index (χ4n) is 7.38. The molecule has 1 heterocycles. The average molecular weight is 597 g/mol. The first kappa shape index (κ1) is 26.9. The van der Waals surface area contributed by atoms with Gasteiger partial charge in [0.05, 0.1) is 28.4 Å². The Balaban J connectivity index is 1.26. The van der Waals surface area contributed by atoms with Crippen LogP contribution in [0.15, 0.2) is 170 Å². The van der Waals surface area contributed by atoms with Crippen LogP contribution in [0.4, 0.5) is 0 Å². The van der Waals surface area contributed by atoms with Crippen LogP contribution in [-0.4, -0.2) is 4.57 Å². The van der Waals surface area contributed by atoms with Crippen molar-refractivity contribution in [1.29, 1.82) is 5.26 Å². The molecule has 9 aromatic rings. The van der Waals surface area contributed by atoms with E-state index in [-0.39, 0.29) is 0 Å². The van der Waals surface area contributed by atoms with Gasteiger partial charge in [-0.15, -0.1) is 0 Å². The number of aromatic nitrogens is 1. The fourth-order valence-corrected chi connectivity index (χ4v) is 7.38. The van der Waals surface area contributed by atoms with Crippen LogP contribution in [0.25, 0.3) is 82.4 Å². The molecule has 0 unspecified atom stereocenters. The summed E-state index contributed by atoms with van der Waals surface area (Å²) < 4.78 is 2.30. The molecule has 0 saturated carbocycles. The van der Waals surface area contributed by atoms with Gasteiger partial charge in [0, 0.05) is 16.3 Å². The van der Waals surface area contributed by atoms with Crippen LogP contribution in [0.1, 0.15) is 5.56 Å². The molecule has 2 heteroatoms. The lowest BCUT2D eigenvalue weighted by Crippen LogP contribution is -1.98. The third kappa shape index (κ3) is 4.26. The van der Waals surface area contributed by atoms with E-state index in [0.717, 1.165) is 27.8 Å². The van der Waals surface area contributed by atoms with Gasteiger partial charge in [-0.3, -0.25) is 0 Å². The second-order valence-electron chi connectivity index (χ2n) is 12.0. The van der Waals surface area contributed by atoms with E-state index in [0.29, 0.717) is 5.56 Å². The molecular weight excluding hydrogens is 569 g/mol. The summed E-state index contributed by atoms with van der Waals surface area (Å²) >= 11 is 0. The van der Waals surface area contributed by atoms with Crippen LogP contribution < -0.4 is 0 Å². The normalized spacial score (nSPS) is 11.4.